The number of nitrogens with zero attached hydrogens (tertiary/aromatic N) is 3. The first-order valence-corrected chi connectivity index (χ1v) is 18.6. The lowest BCUT2D eigenvalue weighted by Crippen LogP contribution is -2.17. The van der Waals surface area contributed by atoms with E-state index in [2.05, 4.69) is 90.1 Å². The summed E-state index contributed by atoms with van der Waals surface area (Å²) in [6.07, 6.45) is 1.31. The molecule has 2 heterocycles. The molecule has 0 bridgehead atoms. The molecule has 0 amide bonds. The summed E-state index contributed by atoms with van der Waals surface area (Å²) in [5.74, 6) is 0.767. The molecule has 2 aromatic heterocycles. The Bertz CT molecular complexity index is 2730. The van der Waals surface area contributed by atoms with Gasteiger partial charge in [0.15, 0.2) is 0 Å². The van der Waals surface area contributed by atoms with Crippen molar-refractivity contribution < 1.29 is 13.3 Å². The van der Waals surface area contributed by atoms with Gasteiger partial charge in [0.2, 0.25) is 0 Å². The van der Waals surface area contributed by atoms with Crippen LogP contribution in [-0.2, 0) is 16.2 Å². The maximum atomic E-state index is 12.2. The van der Waals surface area contributed by atoms with E-state index in [0.29, 0.717) is 28.0 Å². The van der Waals surface area contributed by atoms with Crippen LogP contribution in [0.5, 0.6) is 5.75 Å². The van der Waals surface area contributed by atoms with E-state index in [0.717, 1.165) is 39.0 Å². The minimum atomic E-state index is -2.72. The molecule has 4 nitrogen and oxygen atoms in total. The van der Waals surface area contributed by atoms with E-state index in [4.69, 9.17) is 13.2 Å². The SMILES string of the molecule is [2H]C([2H])([2H])c1cnc(-c2cc(-c3cccc4c3nc(-c3cc(C(C)(C)C)cc(C(C)(C)C)c3O)n4-c3ccccc3)cc(C(C)(C)C)c2)c(C([2H])([2H])[2H])c1-c1ccccc1. The number of aromatic hydroxyl groups is 1. The predicted molar refractivity (Wildman–Crippen MR) is 228 cm³/mol. The number of imidazole rings is 1. The van der Waals surface area contributed by atoms with Crippen LogP contribution in [0.4, 0.5) is 0 Å². The zero-order valence-electron chi connectivity index (χ0n) is 38.8. The minimum absolute atomic E-state index is 0.114. The van der Waals surface area contributed by atoms with E-state index >= 15 is 0 Å². The van der Waals surface area contributed by atoms with Gasteiger partial charge in [-0.15, -0.1) is 0 Å². The van der Waals surface area contributed by atoms with Gasteiger partial charge in [0, 0.05) is 36.8 Å². The molecule has 4 heteroatoms. The van der Waals surface area contributed by atoms with Crippen molar-refractivity contribution in [3.05, 3.63) is 143 Å². The molecular weight excluding hydrogens is 659 g/mol. The van der Waals surface area contributed by atoms with Crippen LogP contribution in [0.15, 0.2) is 115 Å². The van der Waals surface area contributed by atoms with Crippen LogP contribution in [0.3, 0.4) is 0 Å². The standard InChI is InChI=1S/C50H53N3O/c1-31-30-51-44(32(2)43(31)33-19-14-12-15-20-33)35-25-34(26-36(27-35)48(3,4)5)39-23-18-24-42-45(39)52-47(53(42)38-21-16-13-17-22-38)40-28-37(49(6,7)8)29-41(46(40)54)50(9,10)11/h12-30,54H,1-11H3/i1D3,2D3. The zero-order chi connectivity index (χ0) is 43.7. The van der Waals surface area contributed by atoms with Crippen molar-refractivity contribution in [2.45, 2.75) is 92.3 Å². The van der Waals surface area contributed by atoms with E-state index in [1.54, 1.807) is 24.3 Å². The number of fused-ring (bicyclic) bond motifs is 1. The third-order valence-electron chi connectivity index (χ3n) is 10.2. The summed E-state index contributed by atoms with van der Waals surface area (Å²) in [6, 6.07) is 35.0. The molecule has 5 aromatic carbocycles. The number of para-hydroxylation sites is 2. The van der Waals surface area contributed by atoms with E-state index in [1.807, 2.05) is 66.7 Å². The van der Waals surface area contributed by atoms with Gasteiger partial charge in [-0.3, -0.25) is 9.55 Å². The van der Waals surface area contributed by atoms with Crippen LogP contribution in [0.1, 0.15) is 98.4 Å². The Morgan fingerprint density at radius 3 is 1.89 bits per heavy atom. The molecule has 1 N–H and O–H groups in total. The smallest absolute Gasteiger partial charge is 0.149 e. The van der Waals surface area contributed by atoms with Crippen molar-refractivity contribution in [1.82, 2.24) is 14.5 Å². The zero-order valence-corrected chi connectivity index (χ0v) is 32.8. The highest BCUT2D eigenvalue weighted by atomic mass is 16.3. The van der Waals surface area contributed by atoms with Crippen molar-refractivity contribution in [3.63, 3.8) is 0 Å². The van der Waals surface area contributed by atoms with E-state index < -0.39 is 13.7 Å². The number of hydrogen-bond acceptors (Lipinski definition) is 3. The fourth-order valence-electron chi connectivity index (χ4n) is 7.15. The summed E-state index contributed by atoms with van der Waals surface area (Å²) in [5.41, 5.74) is 7.62. The highest BCUT2D eigenvalue weighted by molar-refractivity contribution is 5.97. The fourth-order valence-corrected chi connectivity index (χ4v) is 7.15. The van der Waals surface area contributed by atoms with Gasteiger partial charge < -0.3 is 5.11 Å². The summed E-state index contributed by atoms with van der Waals surface area (Å²) < 4.78 is 53.8. The summed E-state index contributed by atoms with van der Waals surface area (Å²) in [7, 11) is 0. The second-order valence-electron chi connectivity index (χ2n) is 17.4. The van der Waals surface area contributed by atoms with Crippen molar-refractivity contribution >= 4 is 11.0 Å². The van der Waals surface area contributed by atoms with Crippen LogP contribution < -0.4 is 0 Å². The topological polar surface area (TPSA) is 50.9 Å². The van der Waals surface area contributed by atoms with Gasteiger partial charge in [0.1, 0.15) is 11.6 Å². The lowest BCUT2D eigenvalue weighted by Gasteiger charge is -2.27. The average molecular weight is 718 g/mol. The Hall–Kier alpha value is -5.48. The Morgan fingerprint density at radius 2 is 1.26 bits per heavy atom. The van der Waals surface area contributed by atoms with Gasteiger partial charge >= 0.3 is 0 Å². The van der Waals surface area contributed by atoms with Crippen LogP contribution in [0.25, 0.3) is 61.6 Å². The quantitative estimate of drug-likeness (QED) is 0.193. The maximum Gasteiger partial charge on any atom is 0.149 e. The molecule has 0 radical (unpaired) electrons. The number of aryl methyl sites for hydroxylation is 1. The summed E-state index contributed by atoms with van der Waals surface area (Å²) in [5, 5.41) is 12.2. The van der Waals surface area contributed by atoms with E-state index in [9.17, 15) is 5.11 Å². The molecule has 0 aliphatic rings. The second kappa shape index (κ2) is 13.4. The molecule has 0 saturated carbocycles. The number of aromatic nitrogens is 3. The number of hydrogen-bond donors (Lipinski definition) is 1. The van der Waals surface area contributed by atoms with Crippen LogP contribution in [0.2, 0.25) is 0 Å². The third kappa shape index (κ3) is 6.75. The number of phenolic OH excluding ortho intramolecular Hbond substituents is 1. The Kier molecular flexibility index (Phi) is 7.44. The molecule has 7 rings (SSSR count). The van der Waals surface area contributed by atoms with E-state index in [-0.39, 0.29) is 44.4 Å². The average Bonchev–Trinajstić information content (AvgIpc) is 3.55. The molecule has 0 unspecified atom stereocenters. The highest BCUT2D eigenvalue weighted by Crippen LogP contribution is 2.45. The lowest BCUT2D eigenvalue weighted by atomic mass is 9.79. The van der Waals surface area contributed by atoms with Crippen molar-refractivity contribution in [3.8, 4) is 56.3 Å². The molecule has 0 fully saturated rings. The first-order chi connectivity index (χ1) is 27.9. The normalized spacial score (nSPS) is 14.5. The molecular formula is C50H53N3O. The lowest BCUT2D eigenvalue weighted by molar-refractivity contribution is 0.446. The number of rotatable bonds is 5. The molecule has 0 aliphatic heterocycles. The van der Waals surface area contributed by atoms with Gasteiger partial charge in [-0.05, 0) is 105 Å². The Balaban J connectivity index is 1.58. The second-order valence-corrected chi connectivity index (χ2v) is 17.4. The monoisotopic (exact) mass is 717 g/mol. The molecule has 0 aliphatic carbocycles. The summed E-state index contributed by atoms with van der Waals surface area (Å²) in [6.45, 7) is 13.8. The van der Waals surface area contributed by atoms with Crippen LogP contribution >= 0.6 is 0 Å². The minimum Gasteiger partial charge on any atom is -0.507 e. The summed E-state index contributed by atoms with van der Waals surface area (Å²) >= 11 is 0. The molecule has 0 saturated heterocycles. The van der Waals surface area contributed by atoms with Crippen molar-refractivity contribution in [2.24, 2.45) is 0 Å². The molecule has 7 aromatic rings. The van der Waals surface area contributed by atoms with Crippen molar-refractivity contribution in [1.29, 1.82) is 0 Å². The largest absolute Gasteiger partial charge is 0.507 e. The number of phenols is 1. The fraction of sp³-hybridized carbons (Fsp3) is 0.280. The van der Waals surface area contributed by atoms with E-state index in [1.165, 1.54) is 6.20 Å². The Morgan fingerprint density at radius 1 is 0.611 bits per heavy atom. The van der Waals surface area contributed by atoms with Gasteiger partial charge in [-0.2, -0.15) is 0 Å². The number of benzene rings is 5. The van der Waals surface area contributed by atoms with Crippen molar-refractivity contribution in [2.75, 3.05) is 0 Å². The van der Waals surface area contributed by atoms with Gasteiger partial charge in [0.05, 0.1) is 22.3 Å². The number of pyridine rings is 1. The highest BCUT2D eigenvalue weighted by Gasteiger charge is 2.29. The third-order valence-corrected chi connectivity index (χ3v) is 10.2. The van der Waals surface area contributed by atoms with Crippen LogP contribution in [-0.4, -0.2) is 19.6 Å². The van der Waals surface area contributed by atoms with Gasteiger partial charge in [-0.25, -0.2) is 4.98 Å². The molecule has 54 heavy (non-hydrogen) atoms. The predicted octanol–water partition coefficient (Wildman–Crippen LogP) is 13.3. The van der Waals surface area contributed by atoms with Gasteiger partial charge in [0.25, 0.3) is 0 Å². The summed E-state index contributed by atoms with van der Waals surface area (Å²) in [4.78, 5) is 10.1. The van der Waals surface area contributed by atoms with Gasteiger partial charge in [-0.1, -0.05) is 135 Å². The first kappa shape index (κ1) is 29.9. The Labute approximate surface area is 330 Å². The maximum absolute atomic E-state index is 12.2. The molecule has 0 atom stereocenters. The van der Waals surface area contributed by atoms with Crippen LogP contribution in [0, 0.1) is 13.7 Å². The first-order valence-electron chi connectivity index (χ1n) is 21.6. The molecule has 274 valence electrons. The molecule has 0 spiro atoms.